The Morgan fingerprint density at radius 3 is 2.78 bits per heavy atom. The molecule has 1 aromatic heterocycles. The fraction of sp³-hybridized carbons (Fsp3) is 0.250. The van der Waals surface area contributed by atoms with Crippen molar-refractivity contribution in [2.24, 2.45) is 0 Å². The molecule has 1 aromatic rings. The Kier molecular flexibility index (Phi) is 4.59. The first-order valence-corrected chi connectivity index (χ1v) is 7.25. The van der Waals surface area contributed by atoms with Crippen LogP contribution < -0.4 is 0 Å². The monoisotopic (exact) mass is 366 g/mol. The van der Waals surface area contributed by atoms with Gasteiger partial charge in [0.05, 0.1) is 16.8 Å². The SMILES string of the molecule is CC(c1ncc(Br)cc1Cl)N1C=CC(Cl)=CC1Cl. The lowest BCUT2D eigenvalue weighted by Gasteiger charge is -2.32. The molecule has 0 amide bonds. The normalized spacial score (nSPS) is 20.8. The molecule has 2 heterocycles. The van der Waals surface area contributed by atoms with Crippen LogP contribution in [-0.4, -0.2) is 15.4 Å². The van der Waals surface area contributed by atoms with Gasteiger partial charge in [-0.3, -0.25) is 4.98 Å². The largest absolute Gasteiger partial charge is 0.350 e. The minimum atomic E-state index is -0.306. The van der Waals surface area contributed by atoms with Crippen LogP contribution in [0.1, 0.15) is 18.7 Å². The highest BCUT2D eigenvalue weighted by Gasteiger charge is 2.23. The summed E-state index contributed by atoms with van der Waals surface area (Å²) in [6, 6.07) is 1.78. The van der Waals surface area contributed by atoms with E-state index in [0.29, 0.717) is 10.1 Å². The quantitative estimate of drug-likeness (QED) is 0.535. The third kappa shape index (κ3) is 3.02. The Bertz CT molecular complexity index is 516. The fourth-order valence-corrected chi connectivity index (χ4v) is 3.13. The van der Waals surface area contributed by atoms with E-state index < -0.39 is 0 Å². The topological polar surface area (TPSA) is 16.1 Å². The van der Waals surface area contributed by atoms with Crippen LogP contribution in [0.2, 0.25) is 5.02 Å². The number of halogens is 4. The van der Waals surface area contributed by atoms with Crippen molar-refractivity contribution in [3.63, 3.8) is 0 Å². The zero-order chi connectivity index (χ0) is 13.3. The minimum absolute atomic E-state index is 0.0367. The number of allylic oxidation sites excluding steroid dienone is 2. The molecule has 0 spiro atoms. The van der Waals surface area contributed by atoms with Crippen molar-refractivity contribution in [3.05, 3.63) is 50.8 Å². The van der Waals surface area contributed by atoms with Crippen molar-refractivity contribution < 1.29 is 0 Å². The number of nitrogens with zero attached hydrogens (tertiary/aromatic N) is 2. The van der Waals surface area contributed by atoms with Crippen molar-refractivity contribution in [1.29, 1.82) is 0 Å². The van der Waals surface area contributed by atoms with E-state index in [1.165, 1.54) is 0 Å². The summed E-state index contributed by atoms with van der Waals surface area (Å²) in [5.74, 6) is 0. The highest BCUT2D eigenvalue weighted by atomic mass is 79.9. The van der Waals surface area contributed by atoms with Crippen molar-refractivity contribution in [2.75, 3.05) is 0 Å². The molecule has 0 saturated heterocycles. The zero-order valence-electron chi connectivity index (χ0n) is 9.45. The summed E-state index contributed by atoms with van der Waals surface area (Å²) in [7, 11) is 0. The Balaban J connectivity index is 2.27. The van der Waals surface area contributed by atoms with Crippen LogP contribution >= 0.6 is 50.7 Å². The van der Waals surface area contributed by atoms with E-state index in [2.05, 4.69) is 20.9 Å². The molecular weight excluding hydrogens is 358 g/mol. The molecule has 0 radical (unpaired) electrons. The van der Waals surface area contributed by atoms with Gasteiger partial charge in [0, 0.05) is 21.9 Å². The van der Waals surface area contributed by atoms with Gasteiger partial charge < -0.3 is 4.90 Å². The molecule has 0 aliphatic carbocycles. The molecule has 1 aliphatic heterocycles. The van der Waals surface area contributed by atoms with Crippen molar-refractivity contribution >= 4 is 50.7 Å². The number of rotatable bonds is 2. The minimum Gasteiger partial charge on any atom is -0.350 e. The molecule has 0 aromatic carbocycles. The van der Waals surface area contributed by atoms with Crippen LogP contribution in [0.15, 0.2) is 40.1 Å². The average molecular weight is 368 g/mol. The molecule has 2 nitrogen and oxygen atoms in total. The molecule has 96 valence electrons. The Labute approximate surface area is 129 Å². The smallest absolute Gasteiger partial charge is 0.124 e. The first-order valence-electron chi connectivity index (χ1n) is 5.27. The molecule has 2 unspecified atom stereocenters. The first-order chi connectivity index (χ1) is 8.49. The third-order valence-corrected chi connectivity index (χ3v) is 4.01. The van der Waals surface area contributed by atoms with E-state index in [1.807, 2.05) is 24.1 Å². The summed E-state index contributed by atoms with van der Waals surface area (Å²) < 4.78 is 0.850. The average Bonchev–Trinajstić information content (AvgIpc) is 2.28. The summed E-state index contributed by atoms with van der Waals surface area (Å²) in [6.45, 7) is 1.99. The van der Waals surface area contributed by atoms with Crippen LogP contribution in [0, 0.1) is 0 Å². The second-order valence-corrected chi connectivity index (χ2v) is 6.09. The van der Waals surface area contributed by atoms with E-state index in [1.54, 1.807) is 18.3 Å². The van der Waals surface area contributed by atoms with Gasteiger partial charge in [-0.1, -0.05) is 34.8 Å². The van der Waals surface area contributed by atoms with E-state index >= 15 is 0 Å². The van der Waals surface area contributed by atoms with Gasteiger partial charge in [0.15, 0.2) is 0 Å². The summed E-state index contributed by atoms with van der Waals surface area (Å²) in [6.07, 6.45) is 7.14. The lowest BCUT2D eigenvalue weighted by atomic mass is 10.1. The fourth-order valence-electron chi connectivity index (χ4n) is 1.73. The second kappa shape index (κ2) is 5.83. The van der Waals surface area contributed by atoms with Gasteiger partial charge in [0.25, 0.3) is 0 Å². The first kappa shape index (κ1) is 14.2. The van der Waals surface area contributed by atoms with E-state index in [-0.39, 0.29) is 11.5 Å². The molecule has 18 heavy (non-hydrogen) atoms. The van der Waals surface area contributed by atoms with E-state index in [4.69, 9.17) is 34.8 Å². The molecule has 0 saturated carbocycles. The van der Waals surface area contributed by atoms with Gasteiger partial charge in [-0.25, -0.2) is 0 Å². The van der Waals surface area contributed by atoms with Gasteiger partial charge in [-0.2, -0.15) is 0 Å². The van der Waals surface area contributed by atoms with Crippen LogP contribution in [0.4, 0.5) is 0 Å². The molecule has 0 bridgehead atoms. The predicted molar refractivity (Wildman–Crippen MR) is 79.9 cm³/mol. The van der Waals surface area contributed by atoms with Gasteiger partial charge in [-0.05, 0) is 41.1 Å². The Morgan fingerprint density at radius 2 is 2.17 bits per heavy atom. The lowest BCUT2D eigenvalue weighted by Crippen LogP contribution is -2.30. The molecule has 0 fully saturated rings. The van der Waals surface area contributed by atoms with E-state index in [9.17, 15) is 0 Å². The Hall–Kier alpha value is -0.220. The van der Waals surface area contributed by atoms with Crippen LogP contribution in [-0.2, 0) is 0 Å². The van der Waals surface area contributed by atoms with Gasteiger partial charge in [0.1, 0.15) is 5.50 Å². The predicted octanol–water partition coefficient (Wildman–Crippen LogP) is 5.08. The summed E-state index contributed by atoms with van der Waals surface area (Å²) in [5, 5.41) is 1.24. The third-order valence-electron chi connectivity index (χ3n) is 2.67. The molecule has 6 heteroatoms. The standard InChI is InChI=1S/C12H10BrCl3N2/c1-7(12-10(15)4-8(13)6-17-12)18-3-2-9(14)5-11(18)16/h2-7,11H,1H3. The molecule has 0 N–H and O–H groups in total. The van der Waals surface area contributed by atoms with Gasteiger partial charge >= 0.3 is 0 Å². The molecular formula is C12H10BrCl3N2. The Morgan fingerprint density at radius 1 is 1.44 bits per heavy atom. The summed E-state index contributed by atoms with van der Waals surface area (Å²) in [4.78, 5) is 6.28. The van der Waals surface area contributed by atoms with Crippen molar-refractivity contribution in [1.82, 2.24) is 9.88 Å². The maximum absolute atomic E-state index is 6.24. The maximum atomic E-state index is 6.24. The summed E-state index contributed by atoms with van der Waals surface area (Å²) in [5.41, 5.74) is 0.473. The van der Waals surface area contributed by atoms with E-state index in [0.717, 1.165) is 10.2 Å². The number of alkyl halides is 1. The number of aromatic nitrogens is 1. The maximum Gasteiger partial charge on any atom is 0.124 e. The van der Waals surface area contributed by atoms with Crippen LogP contribution in [0.25, 0.3) is 0 Å². The zero-order valence-corrected chi connectivity index (χ0v) is 13.3. The van der Waals surface area contributed by atoms with Gasteiger partial charge in [-0.15, -0.1) is 0 Å². The summed E-state index contributed by atoms with van der Waals surface area (Å²) >= 11 is 21.7. The molecule has 2 atom stereocenters. The number of pyridine rings is 1. The highest BCUT2D eigenvalue weighted by molar-refractivity contribution is 9.10. The van der Waals surface area contributed by atoms with Crippen LogP contribution in [0.3, 0.4) is 0 Å². The van der Waals surface area contributed by atoms with Crippen molar-refractivity contribution in [2.45, 2.75) is 18.5 Å². The molecule has 2 rings (SSSR count). The lowest BCUT2D eigenvalue weighted by molar-refractivity contribution is 0.295. The molecule has 1 aliphatic rings. The second-order valence-electron chi connectivity index (χ2n) is 3.88. The van der Waals surface area contributed by atoms with Gasteiger partial charge in [0.2, 0.25) is 0 Å². The van der Waals surface area contributed by atoms with Crippen molar-refractivity contribution in [3.8, 4) is 0 Å². The number of hydrogen-bond donors (Lipinski definition) is 0. The van der Waals surface area contributed by atoms with Crippen LogP contribution in [0.5, 0.6) is 0 Å². The highest BCUT2D eigenvalue weighted by Crippen LogP contribution is 2.32. The number of hydrogen-bond acceptors (Lipinski definition) is 2.